The fraction of sp³-hybridized carbons (Fsp3) is 0.316. The summed E-state index contributed by atoms with van der Waals surface area (Å²) in [6.07, 6.45) is 1.82. The molecular weight excluding hydrogens is 352 g/mol. The molecule has 0 heterocycles. The fourth-order valence-corrected chi connectivity index (χ4v) is 3.45. The summed E-state index contributed by atoms with van der Waals surface area (Å²) in [5, 5.41) is 2.80. The second-order valence-electron chi connectivity index (χ2n) is 5.78. The number of carbonyl (C=O) groups excluding carboxylic acids is 1. The summed E-state index contributed by atoms with van der Waals surface area (Å²) < 4.78 is 30.7. The zero-order valence-electron chi connectivity index (χ0n) is 15.0. The Bertz CT molecular complexity index is 805. The first-order valence-corrected chi connectivity index (χ1v) is 10.3. The molecule has 0 unspecified atom stereocenters. The van der Waals surface area contributed by atoms with E-state index in [4.69, 9.17) is 4.74 Å². The van der Waals surface area contributed by atoms with Gasteiger partial charge < -0.3 is 10.1 Å². The molecule has 0 aliphatic rings. The predicted molar refractivity (Wildman–Crippen MR) is 104 cm³/mol. The van der Waals surface area contributed by atoms with Crippen LogP contribution < -0.4 is 14.4 Å². The number of benzene rings is 2. The molecule has 140 valence electrons. The lowest BCUT2D eigenvalue weighted by atomic mass is 10.2. The van der Waals surface area contributed by atoms with Gasteiger partial charge in [0, 0.05) is 18.7 Å². The lowest BCUT2D eigenvalue weighted by molar-refractivity contribution is -0.116. The van der Waals surface area contributed by atoms with Gasteiger partial charge in [-0.25, -0.2) is 8.42 Å². The average Bonchev–Trinajstić information content (AvgIpc) is 2.60. The Labute approximate surface area is 154 Å². The van der Waals surface area contributed by atoms with Crippen LogP contribution >= 0.6 is 0 Å². The third-order valence-electron chi connectivity index (χ3n) is 3.66. The van der Waals surface area contributed by atoms with E-state index in [-0.39, 0.29) is 18.9 Å². The Hall–Kier alpha value is -2.54. The van der Waals surface area contributed by atoms with Crippen LogP contribution in [0.15, 0.2) is 54.6 Å². The molecule has 0 fully saturated rings. The van der Waals surface area contributed by atoms with Crippen molar-refractivity contribution >= 4 is 27.3 Å². The fourth-order valence-electron chi connectivity index (χ4n) is 2.49. The average molecular weight is 376 g/mol. The first-order chi connectivity index (χ1) is 12.4. The van der Waals surface area contributed by atoms with Gasteiger partial charge in [-0.15, -0.1) is 0 Å². The van der Waals surface area contributed by atoms with Crippen molar-refractivity contribution in [1.82, 2.24) is 0 Å². The normalized spacial score (nSPS) is 11.0. The van der Waals surface area contributed by atoms with Crippen molar-refractivity contribution in [3.05, 3.63) is 54.6 Å². The van der Waals surface area contributed by atoms with Crippen molar-refractivity contribution in [3.8, 4) is 5.75 Å². The summed E-state index contributed by atoms with van der Waals surface area (Å²) in [4.78, 5) is 12.1. The number of sulfonamides is 1. The molecule has 1 amide bonds. The number of rotatable bonds is 9. The maximum atomic E-state index is 12.1. The van der Waals surface area contributed by atoms with Crippen molar-refractivity contribution in [2.24, 2.45) is 0 Å². The van der Waals surface area contributed by atoms with E-state index in [1.807, 2.05) is 13.0 Å². The minimum atomic E-state index is -3.40. The Morgan fingerprint density at radius 1 is 1.08 bits per heavy atom. The molecule has 0 radical (unpaired) electrons. The number of amides is 1. The molecule has 2 rings (SSSR count). The summed E-state index contributed by atoms with van der Waals surface area (Å²) >= 11 is 0. The number of anilines is 2. The first-order valence-electron chi connectivity index (χ1n) is 8.45. The highest BCUT2D eigenvalue weighted by atomic mass is 32.2. The van der Waals surface area contributed by atoms with Crippen LogP contribution in [0.25, 0.3) is 0 Å². The summed E-state index contributed by atoms with van der Waals surface area (Å²) in [5.74, 6) is 0.591. The van der Waals surface area contributed by atoms with Gasteiger partial charge in [0.15, 0.2) is 0 Å². The standard InChI is InChI=1S/C19H24N2O4S/c1-3-25-18-13-11-16(12-14-18)20-19(22)10-7-15-21(26(2,23)24)17-8-5-4-6-9-17/h4-6,8-9,11-14H,3,7,10,15H2,1-2H3,(H,20,22). The zero-order chi connectivity index (χ0) is 19.0. The van der Waals surface area contributed by atoms with Gasteiger partial charge in [0.2, 0.25) is 15.9 Å². The van der Waals surface area contributed by atoms with Gasteiger partial charge in [-0.2, -0.15) is 0 Å². The topological polar surface area (TPSA) is 75.7 Å². The quantitative estimate of drug-likeness (QED) is 0.729. The predicted octanol–water partition coefficient (Wildman–Crippen LogP) is 3.27. The van der Waals surface area contributed by atoms with Crippen molar-refractivity contribution in [3.63, 3.8) is 0 Å². The third-order valence-corrected chi connectivity index (χ3v) is 4.85. The van der Waals surface area contributed by atoms with E-state index in [1.54, 1.807) is 48.5 Å². The Balaban J connectivity index is 1.88. The number of nitrogens with one attached hydrogen (secondary N) is 1. The molecular formula is C19H24N2O4S. The second-order valence-corrected chi connectivity index (χ2v) is 7.69. The van der Waals surface area contributed by atoms with Crippen molar-refractivity contribution < 1.29 is 17.9 Å². The van der Waals surface area contributed by atoms with E-state index in [0.717, 1.165) is 5.75 Å². The van der Waals surface area contributed by atoms with Crippen LogP contribution in [-0.2, 0) is 14.8 Å². The van der Waals surface area contributed by atoms with Crippen LogP contribution in [0.4, 0.5) is 11.4 Å². The molecule has 0 saturated heterocycles. The maximum Gasteiger partial charge on any atom is 0.232 e. The molecule has 0 aliphatic carbocycles. The van der Waals surface area contributed by atoms with Gasteiger partial charge in [-0.05, 0) is 49.7 Å². The van der Waals surface area contributed by atoms with E-state index < -0.39 is 10.0 Å². The van der Waals surface area contributed by atoms with E-state index in [0.29, 0.717) is 24.4 Å². The molecule has 0 saturated carbocycles. The molecule has 0 spiro atoms. The molecule has 0 atom stereocenters. The zero-order valence-corrected chi connectivity index (χ0v) is 15.8. The van der Waals surface area contributed by atoms with Crippen LogP contribution in [0.1, 0.15) is 19.8 Å². The summed E-state index contributed by atoms with van der Waals surface area (Å²) in [6.45, 7) is 2.74. The number of hydrogen-bond acceptors (Lipinski definition) is 4. The van der Waals surface area contributed by atoms with Gasteiger partial charge in [-0.1, -0.05) is 18.2 Å². The summed E-state index contributed by atoms with van der Waals surface area (Å²) in [7, 11) is -3.40. The number of nitrogens with zero attached hydrogens (tertiary/aromatic N) is 1. The Kier molecular flexibility index (Phi) is 7.03. The van der Waals surface area contributed by atoms with Gasteiger partial charge in [0.25, 0.3) is 0 Å². The van der Waals surface area contributed by atoms with Crippen LogP contribution in [-0.4, -0.2) is 33.7 Å². The highest BCUT2D eigenvalue weighted by Crippen LogP contribution is 2.18. The van der Waals surface area contributed by atoms with Crippen LogP contribution in [0.3, 0.4) is 0 Å². The molecule has 1 N–H and O–H groups in total. The number of carbonyl (C=O) groups is 1. The molecule has 0 aromatic heterocycles. The van der Waals surface area contributed by atoms with E-state index >= 15 is 0 Å². The van der Waals surface area contributed by atoms with Gasteiger partial charge in [-0.3, -0.25) is 9.10 Å². The van der Waals surface area contributed by atoms with E-state index in [1.165, 1.54) is 10.6 Å². The Morgan fingerprint density at radius 3 is 2.31 bits per heavy atom. The van der Waals surface area contributed by atoms with Gasteiger partial charge in [0.1, 0.15) is 5.75 Å². The van der Waals surface area contributed by atoms with Crippen LogP contribution in [0, 0.1) is 0 Å². The molecule has 26 heavy (non-hydrogen) atoms. The molecule has 7 heteroatoms. The SMILES string of the molecule is CCOc1ccc(NC(=O)CCCN(c2ccccc2)S(C)(=O)=O)cc1. The minimum Gasteiger partial charge on any atom is -0.494 e. The first kappa shape index (κ1) is 19.8. The smallest absolute Gasteiger partial charge is 0.232 e. The molecule has 0 aliphatic heterocycles. The molecule has 0 bridgehead atoms. The Morgan fingerprint density at radius 2 is 1.73 bits per heavy atom. The minimum absolute atomic E-state index is 0.157. The van der Waals surface area contributed by atoms with Gasteiger partial charge in [0.05, 0.1) is 18.6 Å². The molecule has 6 nitrogen and oxygen atoms in total. The van der Waals surface area contributed by atoms with Crippen molar-refractivity contribution in [2.45, 2.75) is 19.8 Å². The molecule has 2 aromatic carbocycles. The lowest BCUT2D eigenvalue weighted by Crippen LogP contribution is -2.31. The van der Waals surface area contributed by atoms with Gasteiger partial charge >= 0.3 is 0 Å². The highest BCUT2D eigenvalue weighted by Gasteiger charge is 2.17. The number of hydrogen-bond donors (Lipinski definition) is 1. The summed E-state index contributed by atoms with van der Waals surface area (Å²) in [6, 6.07) is 16.0. The third kappa shape index (κ3) is 6.07. The largest absolute Gasteiger partial charge is 0.494 e. The second kappa shape index (κ2) is 9.24. The molecule has 2 aromatic rings. The summed E-state index contributed by atoms with van der Waals surface area (Å²) in [5.41, 5.74) is 1.28. The lowest BCUT2D eigenvalue weighted by Gasteiger charge is -2.22. The van der Waals surface area contributed by atoms with Crippen LogP contribution in [0.5, 0.6) is 5.75 Å². The highest BCUT2D eigenvalue weighted by molar-refractivity contribution is 7.92. The number of ether oxygens (including phenoxy) is 1. The van der Waals surface area contributed by atoms with Crippen molar-refractivity contribution in [1.29, 1.82) is 0 Å². The maximum absolute atomic E-state index is 12.1. The number of para-hydroxylation sites is 1. The van der Waals surface area contributed by atoms with Crippen molar-refractivity contribution in [2.75, 3.05) is 29.0 Å². The van der Waals surface area contributed by atoms with E-state index in [2.05, 4.69) is 5.32 Å². The monoisotopic (exact) mass is 376 g/mol. The van der Waals surface area contributed by atoms with E-state index in [9.17, 15) is 13.2 Å². The van der Waals surface area contributed by atoms with Crippen LogP contribution in [0.2, 0.25) is 0 Å².